The van der Waals surface area contributed by atoms with Gasteiger partial charge < -0.3 is 10.2 Å². The predicted octanol–water partition coefficient (Wildman–Crippen LogP) is 3.83. The van der Waals surface area contributed by atoms with Crippen molar-refractivity contribution in [1.29, 1.82) is 0 Å². The summed E-state index contributed by atoms with van der Waals surface area (Å²) in [6, 6.07) is 10.6. The lowest BCUT2D eigenvalue weighted by atomic mass is 9.96. The molecule has 1 aromatic heterocycles. The van der Waals surface area contributed by atoms with E-state index in [1.54, 1.807) is 0 Å². The monoisotopic (exact) mass is 285 g/mol. The van der Waals surface area contributed by atoms with Gasteiger partial charge >= 0.3 is 0 Å². The SMILES string of the molecule is CCNCc1cc2ccccc2nc1N(C)CC(C)(C)C. The number of pyridine rings is 1. The molecule has 0 radical (unpaired) electrons. The molecule has 0 atom stereocenters. The highest BCUT2D eigenvalue weighted by Crippen LogP contribution is 2.25. The highest BCUT2D eigenvalue weighted by atomic mass is 15.2. The second kappa shape index (κ2) is 6.44. The molecule has 3 heteroatoms. The van der Waals surface area contributed by atoms with Crippen LogP contribution in [0.3, 0.4) is 0 Å². The molecule has 0 spiro atoms. The Labute approximate surface area is 128 Å². The van der Waals surface area contributed by atoms with Crippen molar-refractivity contribution in [3.8, 4) is 0 Å². The zero-order valence-electron chi connectivity index (χ0n) is 13.9. The van der Waals surface area contributed by atoms with E-state index >= 15 is 0 Å². The first kappa shape index (κ1) is 15.8. The quantitative estimate of drug-likeness (QED) is 0.905. The van der Waals surface area contributed by atoms with Gasteiger partial charge in [-0.15, -0.1) is 0 Å². The molecule has 1 heterocycles. The van der Waals surface area contributed by atoms with Gasteiger partial charge in [-0.25, -0.2) is 4.98 Å². The van der Waals surface area contributed by atoms with Gasteiger partial charge in [-0.05, 0) is 24.1 Å². The van der Waals surface area contributed by atoms with Crippen LogP contribution in [0.1, 0.15) is 33.3 Å². The van der Waals surface area contributed by atoms with Gasteiger partial charge in [-0.2, -0.15) is 0 Å². The van der Waals surface area contributed by atoms with Crippen LogP contribution in [0.25, 0.3) is 10.9 Å². The number of benzene rings is 1. The fraction of sp³-hybridized carbons (Fsp3) is 0.500. The van der Waals surface area contributed by atoms with Crippen molar-refractivity contribution in [2.75, 3.05) is 25.0 Å². The van der Waals surface area contributed by atoms with Crippen LogP contribution in [0.5, 0.6) is 0 Å². The summed E-state index contributed by atoms with van der Waals surface area (Å²) in [6.07, 6.45) is 0. The minimum Gasteiger partial charge on any atom is -0.359 e. The number of nitrogens with zero attached hydrogens (tertiary/aromatic N) is 2. The summed E-state index contributed by atoms with van der Waals surface area (Å²) in [5.74, 6) is 1.09. The van der Waals surface area contributed by atoms with Crippen LogP contribution >= 0.6 is 0 Å². The molecule has 3 nitrogen and oxygen atoms in total. The standard InChI is InChI=1S/C18H27N3/c1-6-19-12-15-11-14-9-7-8-10-16(14)20-17(15)21(5)13-18(2,3)4/h7-11,19H,6,12-13H2,1-5H3. The lowest BCUT2D eigenvalue weighted by Gasteiger charge is -2.29. The summed E-state index contributed by atoms with van der Waals surface area (Å²) in [6.45, 7) is 11.7. The molecule has 114 valence electrons. The Morgan fingerprint density at radius 1 is 1.19 bits per heavy atom. The van der Waals surface area contributed by atoms with Gasteiger partial charge in [-0.1, -0.05) is 45.9 Å². The third-order valence-electron chi connectivity index (χ3n) is 3.42. The highest BCUT2D eigenvalue weighted by Gasteiger charge is 2.17. The second-order valence-electron chi connectivity index (χ2n) is 6.86. The van der Waals surface area contributed by atoms with Gasteiger partial charge in [0.05, 0.1) is 5.52 Å². The highest BCUT2D eigenvalue weighted by molar-refractivity contribution is 5.81. The molecule has 1 N–H and O–H groups in total. The van der Waals surface area contributed by atoms with Gasteiger partial charge in [0, 0.05) is 31.1 Å². The minimum atomic E-state index is 0.248. The van der Waals surface area contributed by atoms with E-state index in [0.29, 0.717) is 0 Å². The molecule has 2 rings (SSSR count). The first-order valence-corrected chi connectivity index (χ1v) is 7.71. The van der Waals surface area contributed by atoms with E-state index in [-0.39, 0.29) is 5.41 Å². The zero-order valence-corrected chi connectivity index (χ0v) is 13.9. The van der Waals surface area contributed by atoms with E-state index in [1.807, 2.05) is 6.07 Å². The summed E-state index contributed by atoms with van der Waals surface area (Å²) < 4.78 is 0. The Bertz CT molecular complexity index is 599. The van der Waals surface area contributed by atoms with Crippen LogP contribution in [0.2, 0.25) is 0 Å². The number of anilines is 1. The van der Waals surface area contributed by atoms with Gasteiger partial charge in [-0.3, -0.25) is 0 Å². The van der Waals surface area contributed by atoms with Gasteiger partial charge in [0.2, 0.25) is 0 Å². The van der Waals surface area contributed by atoms with Crippen molar-refractivity contribution in [1.82, 2.24) is 10.3 Å². The average Bonchev–Trinajstić information content (AvgIpc) is 2.42. The molecule has 0 aliphatic rings. The topological polar surface area (TPSA) is 28.2 Å². The van der Waals surface area contributed by atoms with Crippen LogP contribution in [0.15, 0.2) is 30.3 Å². The van der Waals surface area contributed by atoms with Crippen LogP contribution in [-0.4, -0.2) is 25.1 Å². The van der Waals surface area contributed by atoms with E-state index < -0.39 is 0 Å². The Hall–Kier alpha value is -1.61. The van der Waals surface area contributed by atoms with Gasteiger partial charge in [0.15, 0.2) is 0 Å². The zero-order chi connectivity index (χ0) is 15.5. The Morgan fingerprint density at radius 3 is 2.57 bits per heavy atom. The number of rotatable bonds is 5. The van der Waals surface area contributed by atoms with Gasteiger partial charge in [0.1, 0.15) is 5.82 Å². The summed E-state index contributed by atoms with van der Waals surface area (Å²) >= 11 is 0. The fourth-order valence-electron chi connectivity index (χ4n) is 2.66. The largest absolute Gasteiger partial charge is 0.359 e. The third kappa shape index (κ3) is 4.18. The van der Waals surface area contributed by atoms with E-state index in [4.69, 9.17) is 4.98 Å². The number of aromatic nitrogens is 1. The fourth-order valence-corrected chi connectivity index (χ4v) is 2.66. The molecule has 0 saturated carbocycles. The number of hydrogen-bond acceptors (Lipinski definition) is 3. The molecule has 0 aliphatic carbocycles. The van der Waals surface area contributed by atoms with Crippen LogP contribution in [0.4, 0.5) is 5.82 Å². The lowest BCUT2D eigenvalue weighted by Crippen LogP contribution is -2.31. The predicted molar refractivity (Wildman–Crippen MR) is 91.8 cm³/mol. The third-order valence-corrected chi connectivity index (χ3v) is 3.42. The van der Waals surface area contributed by atoms with Crippen LogP contribution in [-0.2, 0) is 6.54 Å². The van der Waals surface area contributed by atoms with Crippen molar-refractivity contribution < 1.29 is 0 Å². The molecule has 1 aromatic carbocycles. The first-order chi connectivity index (χ1) is 9.90. The summed E-state index contributed by atoms with van der Waals surface area (Å²) in [4.78, 5) is 7.17. The van der Waals surface area contributed by atoms with Crippen molar-refractivity contribution in [3.63, 3.8) is 0 Å². The molecule has 0 aliphatic heterocycles. The summed E-state index contributed by atoms with van der Waals surface area (Å²) in [5, 5.41) is 4.63. The Balaban J connectivity index is 2.42. The van der Waals surface area contributed by atoms with Crippen molar-refractivity contribution in [2.24, 2.45) is 5.41 Å². The van der Waals surface area contributed by atoms with E-state index in [0.717, 1.165) is 31.0 Å². The lowest BCUT2D eigenvalue weighted by molar-refractivity contribution is 0.417. The maximum absolute atomic E-state index is 4.90. The number of fused-ring (bicyclic) bond motifs is 1. The summed E-state index contributed by atoms with van der Waals surface area (Å²) in [7, 11) is 2.14. The molecule has 0 unspecified atom stereocenters. The average molecular weight is 285 g/mol. The number of para-hydroxylation sites is 1. The molecular weight excluding hydrogens is 258 g/mol. The number of nitrogens with one attached hydrogen (secondary N) is 1. The first-order valence-electron chi connectivity index (χ1n) is 7.71. The minimum absolute atomic E-state index is 0.248. The van der Waals surface area contributed by atoms with Crippen LogP contribution < -0.4 is 10.2 Å². The van der Waals surface area contributed by atoms with E-state index in [9.17, 15) is 0 Å². The van der Waals surface area contributed by atoms with Gasteiger partial charge in [0.25, 0.3) is 0 Å². The molecule has 0 amide bonds. The van der Waals surface area contributed by atoms with Crippen LogP contribution in [0, 0.1) is 5.41 Å². The molecule has 0 fully saturated rings. The smallest absolute Gasteiger partial charge is 0.133 e. The molecule has 0 bridgehead atoms. The van der Waals surface area contributed by atoms with E-state index in [1.165, 1.54) is 10.9 Å². The summed E-state index contributed by atoms with van der Waals surface area (Å²) in [5.41, 5.74) is 2.58. The number of hydrogen-bond donors (Lipinski definition) is 1. The maximum atomic E-state index is 4.90. The van der Waals surface area contributed by atoms with Crippen molar-refractivity contribution in [3.05, 3.63) is 35.9 Å². The van der Waals surface area contributed by atoms with E-state index in [2.05, 4.69) is 69.2 Å². The molecule has 21 heavy (non-hydrogen) atoms. The van der Waals surface area contributed by atoms with Crippen molar-refractivity contribution in [2.45, 2.75) is 34.2 Å². The molecular formula is C18H27N3. The Morgan fingerprint density at radius 2 is 1.90 bits per heavy atom. The normalized spacial score (nSPS) is 11.9. The molecule has 2 aromatic rings. The molecule has 0 saturated heterocycles. The Kier molecular flexibility index (Phi) is 4.84. The maximum Gasteiger partial charge on any atom is 0.133 e. The second-order valence-corrected chi connectivity index (χ2v) is 6.86. The van der Waals surface area contributed by atoms with Crippen molar-refractivity contribution >= 4 is 16.7 Å².